The molecule has 0 fully saturated rings. The molecule has 376 valence electrons. The van der Waals surface area contributed by atoms with Crippen molar-refractivity contribution in [3.8, 4) is 5.75 Å². The summed E-state index contributed by atoms with van der Waals surface area (Å²) in [6.45, 7) is 15.8. The number of fused-ring (bicyclic) bond motifs is 1. The van der Waals surface area contributed by atoms with Gasteiger partial charge in [0.05, 0.1) is 23.2 Å². The Morgan fingerprint density at radius 2 is 1.50 bits per heavy atom. The van der Waals surface area contributed by atoms with Crippen LogP contribution in [0, 0.1) is 26.2 Å². The molecule has 0 radical (unpaired) electrons. The molecule has 0 aliphatic carbocycles. The Hall–Kier alpha value is -5.89. The lowest BCUT2D eigenvalue weighted by molar-refractivity contribution is -0.143. The number of ketones is 2. The highest BCUT2D eigenvalue weighted by Crippen LogP contribution is 2.44. The first-order chi connectivity index (χ1) is 31.6. The average molecular weight is 970 g/mol. The van der Waals surface area contributed by atoms with Crippen LogP contribution < -0.4 is 31.8 Å². The molecule has 19 nitrogen and oxygen atoms in total. The van der Waals surface area contributed by atoms with E-state index in [0.717, 1.165) is 21.7 Å². The first-order valence-corrected chi connectivity index (χ1v) is 24.5. The molecule has 0 bridgehead atoms. The van der Waals surface area contributed by atoms with E-state index >= 15 is 0 Å². The van der Waals surface area contributed by atoms with Crippen LogP contribution in [0.4, 0.5) is 9.59 Å². The summed E-state index contributed by atoms with van der Waals surface area (Å²) in [6.07, 6.45) is -0.122. The second-order valence-electron chi connectivity index (χ2n) is 19.1. The third kappa shape index (κ3) is 18.0. The Morgan fingerprint density at radius 1 is 0.868 bits per heavy atom. The minimum atomic E-state index is -3.95. The predicted molar refractivity (Wildman–Crippen MR) is 255 cm³/mol. The van der Waals surface area contributed by atoms with E-state index in [0.29, 0.717) is 36.1 Å². The van der Waals surface area contributed by atoms with Crippen LogP contribution in [-0.2, 0) is 51.5 Å². The molecule has 1 aliphatic rings. The summed E-state index contributed by atoms with van der Waals surface area (Å²) >= 11 is 0. The van der Waals surface area contributed by atoms with Gasteiger partial charge in [-0.3, -0.25) is 24.2 Å². The lowest BCUT2D eigenvalue weighted by Gasteiger charge is -2.25. The number of carboxylic acid groups (broad SMARTS) is 1. The van der Waals surface area contributed by atoms with Gasteiger partial charge in [-0.05, 0) is 123 Å². The fourth-order valence-electron chi connectivity index (χ4n) is 7.85. The van der Waals surface area contributed by atoms with Crippen molar-refractivity contribution in [1.82, 2.24) is 26.3 Å². The zero-order valence-corrected chi connectivity index (χ0v) is 41.7. The third-order valence-corrected chi connectivity index (χ3v) is 13.2. The van der Waals surface area contributed by atoms with Crippen LogP contribution in [0.5, 0.6) is 5.75 Å². The number of aliphatic carboxylic acids is 1. The van der Waals surface area contributed by atoms with Gasteiger partial charge < -0.3 is 41.3 Å². The number of alkyl carbamates (subject to hydrolysis) is 1. The van der Waals surface area contributed by atoms with Crippen LogP contribution in [0.1, 0.15) is 134 Å². The van der Waals surface area contributed by atoms with Gasteiger partial charge in [-0.25, -0.2) is 28.6 Å². The highest BCUT2D eigenvalue weighted by molar-refractivity contribution is 7.92. The molecule has 5 amide bonds. The summed E-state index contributed by atoms with van der Waals surface area (Å²) < 4.78 is 39.2. The molecule has 0 aromatic heterocycles. The van der Waals surface area contributed by atoms with Gasteiger partial charge in [-0.15, -0.1) is 0 Å². The summed E-state index contributed by atoms with van der Waals surface area (Å²) in [7, 11) is -3.95. The van der Waals surface area contributed by atoms with Gasteiger partial charge in [0, 0.05) is 43.5 Å². The van der Waals surface area contributed by atoms with Crippen LogP contribution in [0.25, 0.3) is 0 Å². The molecule has 1 heterocycles. The number of sulfone groups is 1. The SMILES string of the molecule is CC(=O)C[C@H](NC(=O)CCC(=O)[C@H](CCCCC(=N)CS(=O)(=O)c1c(C)c(C)c2c(c1C)CC(C)(C)O2)NC(=O)[C@H](CCCCNC(=O)OC(C)(C)C)NC(=O)N(N)Cc1ccccc1)C(=O)O. The van der Waals surface area contributed by atoms with Crippen molar-refractivity contribution in [2.24, 2.45) is 5.84 Å². The topological polar surface area (TPSA) is 294 Å². The minimum absolute atomic E-state index is 0.00379. The van der Waals surface area contributed by atoms with Gasteiger partial charge in [0.2, 0.25) is 11.8 Å². The fraction of sp³-hybridized carbons (Fsp3) is 0.583. The first kappa shape index (κ1) is 56.4. The maximum absolute atomic E-state index is 14.1. The lowest BCUT2D eigenvalue weighted by atomic mass is 9.94. The lowest BCUT2D eigenvalue weighted by Crippen LogP contribution is -2.55. The van der Waals surface area contributed by atoms with Crippen LogP contribution in [-0.4, -0.2) is 107 Å². The Bertz CT molecular complexity index is 2290. The minimum Gasteiger partial charge on any atom is -0.487 e. The monoisotopic (exact) mass is 969 g/mol. The molecule has 2 aromatic rings. The number of nitrogens with two attached hydrogens (primary N) is 1. The molecule has 8 N–H and O–H groups in total. The molecule has 0 unspecified atom stereocenters. The van der Waals surface area contributed by atoms with Crippen LogP contribution in [0.15, 0.2) is 35.2 Å². The molecule has 20 heteroatoms. The fourth-order valence-corrected chi connectivity index (χ4v) is 9.81. The van der Waals surface area contributed by atoms with Crippen molar-refractivity contribution in [2.75, 3.05) is 12.3 Å². The average Bonchev–Trinajstić information content (AvgIpc) is 3.56. The van der Waals surface area contributed by atoms with Gasteiger partial charge in [0.25, 0.3) is 0 Å². The van der Waals surface area contributed by atoms with E-state index < -0.39 is 106 Å². The van der Waals surface area contributed by atoms with E-state index in [1.54, 1.807) is 65.0 Å². The zero-order chi connectivity index (χ0) is 51.1. The van der Waals surface area contributed by atoms with Crippen LogP contribution >= 0.6 is 0 Å². The highest BCUT2D eigenvalue weighted by Gasteiger charge is 2.37. The number of rotatable bonds is 26. The van der Waals surface area contributed by atoms with Gasteiger partial charge in [-0.1, -0.05) is 36.8 Å². The predicted octanol–water partition coefficient (Wildman–Crippen LogP) is 5.21. The maximum Gasteiger partial charge on any atom is 0.407 e. The van der Waals surface area contributed by atoms with Crippen molar-refractivity contribution in [2.45, 2.75) is 174 Å². The summed E-state index contributed by atoms with van der Waals surface area (Å²) in [5, 5.41) is 29.3. The first-order valence-electron chi connectivity index (χ1n) is 22.9. The van der Waals surface area contributed by atoms with E-state index in [-0.39, 0.29) is 55.8 Å². The second-order valence-corrected chi connectivity index (χ2v) is 21.0. The highest BCUT2D eigenvalue weighted by atomic mass is 32.2. The van der Waals surface area contributed by atoms with E-state index in [4.69, 9.17) is 20.7 Å². The van der Waals surface area contributed by atoms with E-state index in [9.17, 15) is 47.1 Å². The molecule has 0 saturated heterocycles. The number of ether oxygens (including phenoxy) is 2. The molecule has 1 aliphatic heterocycles. The normalized spacial score (nSPS) is 14.3. The molecule has 68 heavy (non-hydrogen) atoms. The summed E-state index contributed by atoms with van der Waals surface area (Å²) in [6, 6.07) is 4.16. The third-order valence-electron chi connectivity index (χ3n) is 11.3. The molecule has 0 spiro atoms. The van der Waals surface area contributed by atoms with Crippen LogP contribution in [0.3, 0.4) is 0 Å². The number of amides is 5. The number of unbranched alkanes of at least 4 members (excludes halogenated alkanes) is 2. The number of nitrogens with one attached hydrogen (secondary N) is 5. The second kappa shape index (κ2) is 24.9. The number of benzene rings is 2. The maximum atomic E-state index is 14.1. The number of urea groups is 1. The largest absolute Gasteiger partial charge is 0.487 e. The molecular weight excluding hydrogens is 899 g/mol. The van der Waals surface area contributed by atoms with Gasteiger partial charge in [0.15, 0.2) is 15.6 Å². The van der Waals surface area contributed by atoms with Crippen LogP contribution in [0.2, 0.25) is 0 Å². The van der Waals surface area contributed by atoms with Crippen molar-refractivity contribution in [3.05, 3.63) is 58.1 Å². The standard InChI is InChI=1S/C48H71N7O12S/c1-29(56)25-38(44(60)61)52-40(58)23-22-39(57)36(20-14-13-19-34(49)28-68(64,65)42-31(3)30(2)41-35(32(42)4)26-48(8,9)66-41)53-43(59)37(21-15-16-24-51-46(63)67-47(5,6)7)54-45(62)55(50)27-33-17-11-10-12-18-33/h10-12,17-18,36-38,49H,13-16,19-28,50H2,1-9H3,(H,51,63)(H,52,58)(H,53,59)(H,54,62)(H,60,61)/t36-,37-,38-/m0/s1. The van der Waals surface area contributed by atoms with E-state index in [2.05, 4.69) is 21.3 Å². The summed E-state index contributed by atoms with van der Waals surface area (Å²) in [5.41, 5.74) is 2.21. The Labute approximate surface area is 399 Å². The Morgan fingerprint density at radius 3 is 2.12 bits per heavy atom. The quantitative estimate of drug-likeness (QED) is 0.0210. The summed E-state index contributed by atoms with van der Waals surface area (Å²) in [5.74, 6) is 2.23. The number of carboxylic acids is 1. The molecule has 3 rings (SSSR count). The van der Waals surface area contributed by atoms with Gasteiger partial charge >= 0.3 is 18.1 Å². The van der Waals surface area contributed by atoms with E-state index in [1.807, 2.05) is 20.8 Å². The van der Waals surface area contributed by atoms with Crippen molar-refractivity contribution >= 4 is 57.0 Å². The number of nitrogens with zero attached hydrogens (tertiary/aromatic N) is 1. The van der Waals surface area contributed by atoms with Crippen molar-refractivity contribution < 1.29 is 56.6 Å². The summed E-state index contributed by atoms with van der Waals surface area (Å²) in [4.78, 5) is 89.6. The number of carbonyl (C=O) groups is 7. The molecule has 0 saturated carbocycles. The zero-order valence-electron chi connectivity index (χ0n) is 40.9. The number of Topliss-reactive ketones (excluding diaryl/α,β-unsaturated/α-hetero) is 2. The van der Waals surface area contributed by atoms with Crippen molar-refractivity contribution in [3.63, 3.8) is 0 Å². The van der Waals surface area contributed by atoms with Gasteiger partial charge in [0.1, 0.15) is 34.8 Å². The number of hydrogen-bond donors (Lipinski definition) is 7. The number of hydrogen-bond acceptors (Lipinski definition) is 13. The van der Waals surface area contributed by atoms with Crippen molar-refractivity contribution in [1.29, 1.82) is 5.41 Å². The number of carbonyl (C=O) groups excluding carboxylic acids is 6. The van der Waals surface area contributed by atoms with E-state index in [1.165, 1.54) is 6.92 Å². The number of hydrazine groups is 1. The molecular formula is C48H71N7O12S. The molecule has 2 aromatic carbocycles. The Balaban J connectivity index is 1.78. The Kier molecular flexibility index (Phi) is 20.7. The van der Waals surface area contributed by atoms with Gasteiger partial charge in [-0.2, -0.15) is 0 Å². The molecule has 3 atom stereocenters. The smallest absolute Gasteiger partial charge is 0.407 e.